The molecule has 8 nitrogen and oxygen atoms in total. The summed E-state index contributed by atoms with van der Waals surface area (Å²) in [6, 6.07) is 0. The van der Waals surface area contributed by atoms with Crippen LogP contribution in [-0.4, -0.2) is 66.5 Å². The lowest BCUT2D eigenvalue weighted by molar-refractivity contribution is -0.145. The number of amides is 2. The maximum atomic E-state index is 14.8. The fraction of sp³-hybridized carbons (Fsp3) is 0.946. The summed E-state index contributed by atoms with van der Waals surface area (Å²) in [5, 5.41) is 7.17. The van der Waals surface area contributed by atoms with Crippen LogP contribution < -0.4 is 16.4 Å². The van der Waals surface area contributed by atoms with E-state index in [4.69, 9.17) is 5.73 Å². The van der Waals surface area contributed by atoms with Gasteiger partial charge in [-0.1, -0.05) is 336 Å². The van der Waals surface area contributed by atoms with Crippen LogP contribution in [0.1, 0.15) is 413 Å². The smallest absolute Gasteiger partial charge is 0.229 e. The summed E-state index contributed by atoms with van der Waals surface area (Å²) in [7, 11) is 0. The third kappa shape index (κ3) is 51.6. The van der Waals surface area contributed by atoms with Crippen molar-refractivity contribution < 1.29 is 19.2 Å². The van der Waals surface area contributed by atoms with Gasteiger partial charge in [-0.3, -0.25) is 29.4 Å². The maximum absolute atomic E-state index is 14.8. The van der Waals surface area contributed by atoms with E-state index in [1.54, 1.807) is 4.90 Å². The molecule has 0 spiro atoms. The molecule has 0 rings (SSSR count). The number of nitrogens with two attached hydrogens (primary N) is 1. The van der Waals surface area contributed by atoms with Crippen LogP contribution in [0.25, 0.3) is 0 Å². The Bertz CT molecular complexity index is 1270. The molecule has 2 amide bonds. The number of Topliss-reactive ketones (excluding diaryl/α,β-unsaturated/α-hetero) is 2. The minimum atomic E-state index is -1.24. The lowest BCUT2D eigenvalue weighted by Gasteiger charge is -2.33. The van der Waals surface area contributed by atoms with Gasteiger partial charge in [0.05, 0.1) is 0 Å². The van der Waals surface area contributed by atoms with Gasteiger partial charge in [0.2, 0.25) is 11.8 Å². The highest BCUT2D eigenvalue weighted by Crippen LogP contribution is 2.25. The van der Waals surface area contributed by atoms with E-state index in [2.05, 4.69) is 38.3 Å². The van der Waals surface area contributed by atoms with E-state index in [1.807, 2.05) is 0 Å². The lowest BCUT2D eigenvalue weighted by Crippen LogP contribution is -2.59. The molecule has 0 fully saturated rings. The maximum Gasteiger partial charge on any atom is 0.229 e. The number of hydrogen-bond acceptors (Lipinski definition) is 7. The van der Waals surface area contributed by atoms with Crippen molar-refractivity contribution in [2.45, 2.75) is 418 Å². The fourth-order valence-corrected chi connectivity index (χ4v) is 12.4. The second-order valence-corrected chi connectivity index (χ2v) is 25.9. The highest BCUT2D eigenvalue weighted by Gasteiger charge is 2.43. The first kappa shape index (κ1) is 80.4. The van der Waals surface area contributed by atoms with Gasteiger partial charge < -0.3 is 11.1 Å². The van der Waals surface area contributed by atoms with E-state index in [1.165, 1.54) is 257 Å². The van der Waals surface area contributed by atoms with Gasteiger partial charge >= 0.3 is 0 Å². The number of carbonyl (C=O) groups is 4. The summed E-state index contributed by atoms with van der Waals surface area (Å²) in [5.74, 6) is 0.00112. The van der Waals surface area contributed by atoms with E-state index in [9.17, 15) is 19.2 Å². The van der Waals surface area contributed by atoms with Crippen molar-refractivity contribution in [3.8, 4) is 0 Å². The molecule has 0 aromatic rings. The SMILES string of the molecule is CCCCCCCCCCCCCCCC(=O)N(CCCNC(CCCNCCCN)(C(=O)CCCCCCCCCCCCCCC)C(=O)CCCCCCCCCCCCCCC)C(=O)CCCCCCCCCCCCCCC. The molecule has 82 heavy (non-hydrogen) atoms. The van der Waals surface area contributed by atoms with Gasteiger partial charge in [-0.15, -0.1) is 0 Å². The normalized spacial score (nSPS) is 11.8. The van der Waals surface area contributed by atoms with Crippen molar-refractivity contribution in [2.75, 3.05) is 32.7 Å². The Balaban J connectivity index is 5.87. The van der Waals surface area contributed by atoms with Crippen LogP contribution in [0.15, 0.2) is 0 Å². The molecule has 0 unspecified atom stereocenters. The van der Waals surface area contributed by atoms with Crippen LogP contribution in [0.2, 0.25) is 0 Å². The predicted molar refractivity (Wildman–Crippen MR) is 359 cm³/mol. The molecule has 0 aliphatic rings. The lowest BCUT2D eigenvalue weighted by atomic mass is 9.79. The highest BCUT2D eigenvalue weighted by atomic mass is 16.2. The molecule has 0 aliphatic heterocycles. The number of carbonyl (C=O) groups excluding carboxylic acids is 4. The summed E-state index contributed by atoms with van der Waals surface area (Å²) in [6.45, 7) is 12.1. The second kappa shape index (κ2) is 65.3. The minimum absolute atomic E-state index is 0.0467. The molecule has 0 atom stereocenters. The Morgan fingerprint density at radius 1 is 0.293 bits per heavy atom. The van der Waals surface area contributed by atoms with Crippen molar-refractivity contribution >= 4 is 23.4 Å². The Labute approximate surface area is 512 Å². The third-order valence-electron chi connectivity index (χ3n) is 18.0. The first-order chi connectivity index (χ1) is 40.3. The second-order valence-electron chi connectivity index (χ2n) is 25.9. The van der Waals surface area contributed by atoms with E-state index in [0.717, 1.165) is 96.6 Å². The number of rotatable bonds is 70. The number of nitrogens with one attached hydrogen (secondary N) is 2. The van der Waals surface area contributed by atoms with Crippen LogP contribution in [0, 0.1) is 0 Å². The van der Waals surface area contributed by atoms with Crippen LogP contribution >= 0.6 is 0 Å². The summed E-state index contributed by atoms with van der Waals surface area (Å²) in [5.41, 5.74) is 4.58. The number of imide groups is 1. The average Bonchev–Trinajstić information content (AvgIpc) is 3.51. The summed E-state index contributed by atoms with van der Waals surface area (Å²) in [6.07, 6.45) is 69.3. The molecular weight excluding hydrogens is 1010 g/mol. The standard InChI is InChI=1S/C74H146N4O4/c1-5-9-13-17-21-25-29-33-37-41-45-49-53-60-70(79)74(64-57-66-76-67-58-65-75,71(80)61-54-50-46-42-38-34-30-26-22-18-14-10-6-2)77-68-59-69-78(72(81)62-55-51-47-43-39-35-31-27-23-19-15-11-7-3)73(82)63-56-52-48-44-40-36-32-28-24-20-16-12-8-4/h76-77H,5-69,75H2,1-4H3. The van der Waals surface area contributed by atoms with Crippen molar-refractivity contribution in [2.24, 2.45) is 5.73 Å². The van der Waals surface area contributed by atoms with E-state index < -0.39 is 5.54 Å². The molecule has 0 radical (unpaired) electrons. The Morgan fingerprint density at radius 2 is 0.537 bits per heavy atom. The van der Waals surface area contributed by atoms with Gasteiger partial charge in [0.1, 0.15) is 5.54 Å². The molecule has 0 heterocycles. The van der Waals surface area contributed by atoms with Crippen LogP contribution in [0.4, 0.5) is 0 Å². The van der Waals surface area contributed by atoms with Crippen molar-refractivity contribution in [3.05, 3.63) is 0 Å². The van der Waals surface area contributed by atoms with Gasteiger partial charge in [0.25, 0.3) is 0 Å². The molecule has 0 aromatic heterocycles. The minimum Gasteiger partial charge on any atom is -0.330 e. The van der Waals surface area contributed by atoms with Crippen LogP contribution in [0.5, 0.6) is 0 Å². The van der Waals surface area contributed by atoms with Gasteiger partial charge in [0.15, 0.2) is 11.6 Å². The van der Waals surface area contributed by atoms with Crippen molar-refractivity contribution in [3.63, 3.8) is 0 Å². The topological polar surface area (TPSA) is 122 Å². The molecular formula is C74H146N4O4. The molecule has 0 saturated carbocycles. The molecule has 4 N–H and O–H groups in total. The summed E-state index contributed by atoms with van der Waals surface area (Å²) in [4.78, 5) is 59.3. The Morgan fingerprint density at radius 3 is 0.805 bits per heavy atom. The van der Waals surface area contributed by atoms with E-state index in [0.29, 0.717) is 64.6 Å². The fourth-order valence-electron chi connectivity index (χ4n) is 12.4. The van der Waals surface area contributed by atoms with E-state index in [-0.39, 0.29) is 23.4 Å². The van der Waals surface area contributed by atoms with Gasteiger partial charge in [-0.05, 0) is 77.5 Å². The monoisotopic (exact) mass is 1160 g/mol. The van der Waals surface area contributed by atoms with Crippen LogP contribution in [0.3, 0.4) is 0 Å². The Hall–Kier alpha value is -1.64. The molecule has 486 valence electrons. The predicted octanol–water partition coefficient (Wildman–Crippen LogP) is 21.8. The number of unbranched alkanes of at least 4 members (excludes halogenated alkanes) is 48. The zero-order valence-corrected chi connectivity index (χ0v) is 56.1. The number of ketones is 2. The van der Waals surface area contributed by atoms with Crippen molar-refractivity contribution in [1.82, 2.24) is 15.5 Å². The Kier molecular flexibility index (Phi) is 64.0. The molecule has 0 aliphatic carbocycles. The summed E-state index contributed by atoms with van der Waals surface area (Å²) >= 11 is 0. The zero-order valence-electron chi connectivity index (χ0n) is 56.1. The molecule has 0 saturated heterocycles. The average molecular weight is 1160 g/mol. The van der Waals surface area contributed by atoms with Gasteiger partial charge in [-0.2, -0.15) is 0 Å². The molecule has 0 aromatic carbocycles. The number of nitrogens with zero attached hydrogens (tertiary/aromatic N) is 1. The largest absolute Gasteiger partial charge is 0.330 e. The third-order valence-corrected chi connectivity index (χ3v) is 18.0. The first-order valence-electron chi connectivity index (χ1n) is 37.4. The van der Waals surface area contributed by atoms with Gasteiger partial charge in [-0.25, -0.2) is 0 Å². The summed E-state index contributed by atoms with van der Waals surface area (Å²) < 4.78 is 0. The van der Waals surface area contributed by atoms with Gasteiger partial charge in [0, 0.05) is 32.2 Å². The quantitative estimate of drug-likeness (QED) is 0.0410. The highest BCUT2D eigenvalue weighted by molar-refractivity contribution is 6.11. The van der Waals surface area contributed by atoms with Crippen molar-refractivity contribution in [1.29, 1.82) is 0 Å². The zero-order chi connectivity index (χ0) is 59.8. The first-order valence-corrected chi connectivity index (χ1v) is 37.4. The molecule has 8 heteroatoms. The number of hydrogen-bond donors (Lipinski definition) is 3. The van der Waals surface area contributed by atoms with Crippen LogP contribution in [-0.2, 0) is 19.2 Å². The van der Waals surface area contributed by atoms with E-state index >= 15 is 0 Å². The molecule has 0 bridgehead atoms.